The van der Waals surface area contributed by atoms with Crippen LogP contribution < -0.4 is 5.73 Å². The second-order valence-corrected chi connectivity index (χ2v) is 3.31. The van der Waals surface area contributed by atoms with E-state index in [1.807, 2.05) is 0 Å². The molecule has 0 aliphatic heterocycles. The van der Waals surface area contributed by atoms with Gasteiger partial charge in [-0.3, -0.25) is 4.39 Å². The number of hydrogen-bond acceptors (Lipinski definition) is 1. The lowest BCUT2D eigenvalue weighted by molar-refractivity contribution is 0.140. The molecule has 0 aromatic rings. The molecule has 1 nitrogen and oxygen atoms in total. The average molecular weight is 131 g/mol. The van der Waals surface area contributed by atoms with Crippen LogP contribution in [0.4, 0.5) is 4.39 Å². The molecule has 0 spiro atoms. The molecular formula is C7H14FN. The largest absolute Gasteiger partial charge is 0.325 e. The van der Waals surface area contributed by atoms with Crippen LogP contribution in [0.1, 0.15) is 26.2 Å². The Hall–Kier alpha value is -0.110. The van der Waals surface area contributed by atoms with Crippen LogP contribution in [0.3, 0.4) is 0 Å². The van der Waals surface area contributed by atoms with E-state index in [2.05, 4.69) is 6.92 Å². The van der Waals surface area contributed by atoms with Crippen molar-refractivity contribution in [3.8, 4) is 0 Å². The molecule has 1 aliphatic rings. The van der Waals surface area contributed by atoms with Crippen LogP contribution in [0.2, 0.25) is 0 Å². The second-order valence-electron chi connectivity index (χ2n) is 3.31. The van der Waals surface area contributed by atoms with Crippen molar-refractivity contribution in [2.45, 2.75) is 31.7 Å². The van der Waals surface area contributed by atoms with Gasteiger partial charge < -0.3 is 5.73 Å². The number of hydrogen-bond donors (Lipinski definition) is 1. The van der Waals surface area contributed by atoms with Crippen molar-refractivity contribution in [1.29, 1.82) is 0 Å². The lowest BCUT2D eigenvalue weighted by Crippen LogP contribution is -2.51. The molecular weight excluding hydrogens is 117 g/mol. The molecule has 0 aromatic heterocycles. The maximum atomic E-state index is 11.8. The van der Waals surface area contributed by atoms with Gasteiger partial charge in [0, 0.05) is 5.54 Å². The summed E-state index contributed by atoms with van der Waals surface area (Å²) in [6.45, 7) is 1.90. The Morgan fingerprint density at radius 3 is 2.56 bits per heavy atom. The molecule has 0 saturated heterocycles. The van der Waals surface area contributed by atoms with Crippen LogP contribution in [0.25, 0.3) is 0 Å². The quantitative estimate of drug-likeness (QED) is 0.603. The fourth-order valence-corrected chi connectivity index (χ4v) is 1.72. The minimum atomic E-state index is -0.261. The summed E-state index contributed by atoms with van der Waals surface area (Å²) in [4.78, 5) is 0. The van der Waals surface area contributed by atoms with Crippen LogP contribution in [0, 0.1) is 5.92 Å². The van der Waals surface area contributed by atoms with Crippen LogP contribution in [0.15, 0.2) is 0 Å². The first-order valence-corrected chi connectivity index (χ1v) is 3.51. The third-order valence-electron chi connectivity index (χ3n) is 2.10. The minimum absolute atomic E-state index is 0.131. The molecule has 9 heavy (non-hydrogen) atoms. The van der Waals surface area contributed by atoms with E-state index >= 15 is 0 Å². The molecule has 2 N–H and O–H groups in total. The SMILES string of the molecule is CC1CC(N)(CCF)C1. The molecule has 2 heteroatoms. The summed E-state index contributed by atoms with van der Waals surface area (Å²) in [6, 6.07) is 0. The molecule has 1 rings (SSSR count). The molecule has 0 bridgehead atoms. The van der Waals surface area contributed by atoms with Crippen LogP contribution in [0.5, 0.6) is 0 Å². The van der Waals surface area contributed by atoms with Crippen molar-refractivity contribution < 1.29 is 4.39 Å². The highest BCUT2D eigenvalue weighted by atomic mass is 19.1. The van der Waals surface area contributed by atoms with Crippen molar-refractivity contribution in [2.75, 3.05) is 6.67 Å². The lowest BCUT2D eigenvalue weighted by Gasteiger charge is -2.43. The van der Waals surface area contributed by atoms with E-state index in [0.717, 1.165) is 18.8 Å². The summed E-state index contributed by atoms with van der Waals surface area (Å²) in [5.41, 5.74) is 5.63. The van der Waals surface area contributed by atoms with E-state index in [1.54, 1.807) is 0 Å². The predicted molar refractivity (Wildman–Crippen MR) is 35.9 cm³/mol. The normalized spacial score (nSPS) is 42.3. The van der Waals surface area contributed by atoms with Crippen LogP contribution >= 0.6 is 0 Å². The highest BCUT2D eigenvalue weighted by Gasteiger charge is 2.37. The first kappa shape index (κ1) is 7.00. The third kappa shape index (κ3) is 1.42. The first-order valence-electron chi connectivity index (χ1n) is 3.51. The Bertz CT molecular complexity index is 91.6. The monoisotopic (exact) mass is 131 g/mol. The smallest absolute Gasteiger partial charge is 0.0911 e. The molecule has 0 unspecified atom stereocenters. The van der Waals surface area contributed by atoms with Gasteiger partial charge in [-0.1, -0.05) is 6.92 Å². The third-order valence-corrected chi connectivity index (χ3v) is 2.10. The zero-order chi connectivity index (χ0) is 6.91. The average Bonchev–Trinajstić information content (AvgIpc) is 1.62. The molecule has 0 radical (unpaired) electrons. The fraction of sp³-hybridized carbons (Fsp3) is 1.00. The molecule has 0 atom stereocenters. The van der Waals surface area contributed by atoms with Gasteiger partial charge in [-0.25, -0.2) is 0 Å². The van der Waals surface area contributed by atoms with Gasteiger partial charge in [0.05, 0.1) is 6.67 Å². The molecule has 0 heterocycles. The minimum Gasteiger partial charge on any atom is -0.325 e. The van der Waals surface area contributed by atoms with Gasteiger partial charge in [0.2, 0.25) is 0 Å². The first-order chi connectivity index (χ1) is 4.16. The number of rotatable bonds is 2. The van der Waals surface area contributed by atoms with Gasteiger partial charge in [-0.15, -0.1) is 0 Å². The maximum Gasteiger partial charge on any atom is 0.0911 e. The van der Waals surface area contributed by atoms with E-state index in [9.17, 15) is 4.39 Å². The van der Waals surface area contributed by atoms with Crippen LogP contribution in [-0.2, 0) is 0 Å². The summed E-state index contributed by atoms with van der Waals surface area (Å²) >= 11 is 0. The Balaban J connectivity index is 2.23. The van der Waals surface area contributed by atoms with Crippen molar-refractivity contribution in [3.05, 3.63) is 0 Å². The van der Waals surface area contributed by atoms with Gasteiger partial charge in [0.1, 0.15) is 0 Å². The van der Waals surface area contributed by atoms with Gasteiger partial charge in [-0.05, 0) is 25.2 Å². The molecule has 1 aliphatic carbocycles. The summed E-state index contributed by atoms with van der Waals surface area (Å²) in [5.74, 6) is 0.724. The summed E-state index contributed by atoms with van der Waals surface area (Å²) < 4.78 is 11.8. The van der Waals surface area contributed by atoms with Crippen molar-refractivity contribution in [2.24, 2.45) is 11.7 Å². The molecule has 1 saturated carbocycles. The molecule has 1 fully saturated rings. The zero-order valence-electron chi connectivity index (χ0n) is 5.86. The molecule has 0 amide bonds. The zero-order valence-corrected chi connectivity index (χ0v) is 5.86. The Morgan fingerprint density at radius 2 is 2.22 bits per heavy atom. The summed E-state index contributed by atoms with van der Waals surface area (Å²) in [6.07, 6.45) is 2.57. The van der Waals surface area contributed by atoms with Crippen molar-refractivity contribution >= 4 is 0 Å². The van der Waals surface area contributed by atoms with Gasteiger partial charge in [0.15, 0.2) is 0 Å². The Morgan fingerprint density at radius 1 is 1.67 bits per heavy atom. The number of alkyl halides is 1. The standard InChI is InChI=1S/C7H14FN/c1-6-4-7(9,5-6)2-3-8/h6H,2-5,9H2,1H3. The summed E-state index contributed by atoms with van der Waals surface area (Å²) in [7, 11) is 0. The van der Waals surface area contributed by atoms with Crippen molar-refractivity contribution in [3.63, 3.8) is 0 Å². The van der Waals surface area contributed by atoms with E-state index in [4.69, 9.17) is 5.73 Å². The van der Waals surface area contributed by atoms with E-state index in [-0.39, 0.29) is 12.2 Å². The number of halogens is 1. The number of nitrogens with two attached hydrogens (primary N) is 1. The summed E-state index contributed by atoms with van der Waals surface area (Å²) in [5, 5.41) is 0. The Kier molecular flexibility index (Phi) is 1.75. The molecule has 54 valence electrons. The second kappa shape index (κ2) is 2.25. The van der Waals surface area contributed by atoms with Gasteiger partial charge in [-0.2, -0.15) is 0 Å². The van der Waals surface area contributed by atoms with Crippen LogP contribution in [-0.4, -0.2) is 12.2 Å². The van der Waals surface area contributed by atoms with Gasteiger partial charge >= 0.3 is 0 Å². The topological polar surface area (TPSA) is 26.0 Å². The Labute approximate surface area is 55.4 Å². The highest BCUT2D eigenvalue weighted by molar-refractivity contribution is 4.96. The lowest BCUT2D eigenvalue weighted by atomic mass is 9.68. The molecule has 0 aromatic carbocycles. The highest BCUT2D eigenvalue weighted by Crippen LogP contribution is 2.37. The fourth-order valence-electron chi connectivity index (χ4n) is 1.72. The van der Waals surface area contributed by atoms with E-state index in [0.29, 0.717) is 6.42 Å². The van der Waals surface area contributed by atoms with E-state index < -0.39 is 0 Å². The maximum absolute atomic E-state index is 11.8. The van der Waals surface area contributed by atoms with Gasteiger partial charge in [0.25, 0.3) is 0 Å². The van der Waals surface area contributed by atoms with E-state index in [1.165, 1.54) is 0 Å². The van der Waals surface area contributed by atoms with Crippen molar-refractivity contribution in [1.82, 2.24) is 0 Å². The predicted octanol–water partition coefficient (Wildman–Crippen LogP) is 1.47.